The molecule has 0 bridgehead atoms. The molecule has 0 spiro atoms. The smallest absolute Gasteiger partial charge is 0.229 e. The molecule has 1 heterocycles. The molecule has 0 atom stereocenters. The van der Waals surface area contributed by atoms with Crippen molar-refractivity contribution >= 4 is 29.5 Å². The van der Waals surface area contributed by atoms with Gasteiger partial charge in [-0.1, -0.05) is 78.9 Å². The number of benzene rings is 5. The molecule has 5 aromatic carbocycles. The van der Waals surface area contributed by atoms with Crippen molar-refractivity contribution in [1.82, 2.24) is 20.9 Å². The fraction of sp³-hybridized carbons (Fsp3) is 0.670. The Kier molecular flexibility index (Phi) is 62.4. The molecule has 1 saturated carbocycles. The molecule has 34 nitrogen and oxygen atoms in total. The summed E-state index contributed by atoms with van der Waals surface area (Å²) in [5.41, 5.74) is 14.5. The lowest BCUT2D eigenvalue weighted by molar-refractivity contribution is -0.139. The van der Waals surface area contributed by atoms with Crippen LogP contribution in [0.15, 0.2) is 103 Å². The normalized spacial score (nSPS) is 14.7. The van der Waals surface area contributed by atoms with Gasteiger partial charge in [0.25, 0.3) is 0 Å². The lowest BCUT2D eigenvalue weighted by Gasteiger charge is -2.33. The number of likely N-dealkylation sites (tertiary alicyclic amines) is 1. The lowest BCUT2D eigenvalue weighted by Crippen LogP contribution is -2.40. The van der Waals surface area contributed by atoms with Crippen LogP contribution in [0.3, 0.4) is 0 Å². The van der Waals surface area contributed by atoms with Crippen molar-refractivity contribution in [2.45, 2.75) is 102 Å². The second-order valence-corrected chi connectivity index (χ2v) is 34.2. The predicted octanol–water partition coefficient (Wildman–Crippen LogP) is 10.3. The van der Waals surface area contributed by atoms with Crippen molar-refractivity contribution < 1.29 is 142 Å². The fourth-order valence-corrected chi connectivity index (χ4v) is 16.7. The van der Waals surface area contributed by atoms with Crippen molar-refractivity contribution in [2.24, 2.45) is 11.8 Å². The van der Waals surface area contributed by atoms with Crippen molar-refractivity contribution in [1.29, 1.82) is 0 Å². The molecule has 9 rings (SSSR count). The summed E-state index contributed by atoms with van der Waals surface area (Å²) in [5, 5.41) is 8.65. The van der Waals surface area contributed by atoms with Crippen LogP contribution in [-0.2, 0) is 149 Å². The zero-order chi connectivity index (χ0) is 98.1. The van der Waals surface area contributed by atoms with Crippen LogP contribution < -0.4 is 20.7 Å². The second kappa shape index (κ2) is 75.3. The Labute approximate surface area is 828 Å². The molecule has 5 aromatic rings. The summed E-state index contributed by atoms with van der Waals surface area (Å²) >= 11 is 0. The number of hydrogen-bond acceptors (Lipinski definition) is 30. The van der Waals surface area contributed by atoms with E-state index in [2.05, 4.69) is 107 Å². The number of carbonyl (C=O) groups excluding carboxylic acids is 5. The molecule has 0 aromatic heterocycles. The quantitative estimate of drug-likeness (QED) is 0.0236. The van der Waals surface area contributed by atoms with Crippen LogP contribution in [0.4, 0.5) is 0 Å². The molecule has 0 radical (unpaired) electrons. The van der Waals surface area contributed by atoms with E-state index in [0.29, 0.717) is 349 Å². The molecule has 5 amide bonds. The van der Waals surface area contributed by atoms with Gasteiger partial charge in [-0.2, -0.15) is 0 Å². The van der Waals surface area contributed by atoms with Gasteiger partial charge < -0.3 is 134 Å². The van der Waals surface area contributed by atoms with E-state index in [0.717, 1.165) is 61.8 Å². The van der Waals surface area contributed by atoms with Crippen molar-refractivity contribution in [3.05, 3.63) is 125 Å². The summed E-state index contributed by atoms with van der Waals surface area (Å²) < 4.78 is 141. The Balaban J connectivity index is 0.671. The molecule has 1 saturated heterocycles. The molecule has 784 valence electrons. The van der Waals surface area contributed by atoms with E-state index in [-0.39, 0.29) is 80.1 Å². The molecule has 0 unspecified atom stereocenters. The molecular weight excluding hydrogens is 1810 g/mol. The van der Waals surface area contributed by atoms with Crippen molar-refractivity contribution in [2.75, 3.05) is 351 Å². The van der Waals surface area contributed by atoms with E-state index in [9.17, 15) is 24.0 Å². The Morgan fingerprint density at radius 2 is 0.621 bits per heavy atom. The summed E-state index contributed by atoms with van der Waals surface area (Å²) in [7, 11) is 3.29. The van der Waals surface area contributed by atoms with Crippen LogP contribution in [-0.4, -0.2) is 385 Å². The molecule has 3 aliphatic carbocycles. The Morgan fingerprint density at radius 1 is 0.307 bits per heavy atom. The summed E-state index contributed by atoms with van der Waals surface area (Å²) in [5.74, 6) is 0.0979. The minimum atomic E-state index is -0.407. The third-order valence-corrected chi connectivity index (χ3v) is 24.1. The predicted molar refractivity (Wildman–Crippen MR) is 526 cm³/mol. The maximum Gasteiger partial charge on any atom is 0.229 e. The van der Waals surface area contributed by atoms with E-state index >= 15 is 0 Å². The number of carbonyl (C=O) groups is 5. The van der Waals surface area contributed by atoms with Crippen molar-refractivity contribution in [3.63, 3.8) is 0 Å². The minimum Gasteiger partial charge on any atom is -0.494 e. The third-order valence-electron chi connectivity index (χ3n) is 24.1. The van der Waals surface area contributed by atoms with Gasteiger partial charge in [0.15, 0.2) is 0 Å². The number of unbranched alkanes of at least 4 members (excludes halogenated alkanes) is 1. The number of methoxy groups -OCH3 is 2. The standard InChI is InChI=1S/C106H160N4O30/c1-116-37-39-120-45-47-124-53-55-128-61-63-132-69-71-136-77-79-138-75-73-134-67-65-130-59-57-126-51-49-122-43-41-118-34-7-29-106(30-8-35-119-42-44-123-50-52-127-58-60-131-66-68-135-74-76-139-80-78-137-72-70-133-64-62-129-56-54-125-48-46-121-40-38-117-2)99-83-90(18-23-97(99)98-24-19-91(84-100(98)106)89-17-22-96-93(81-89)82-92-9-3-4-10-95(92)96)87-15-20-94(21-16-87)140-36-6-5-31-107-101(111)25-26-102(112)108-32-33-109-105(115)88-13-11-86(12-14-88)85-110-103(113)27-28-104(110)114/h3-4,9-10,15-24,81,83-84,86,88H,5-8,11-14,25-80,82,85H2,1-2H3,(H,107,111)(H,108,112)(H,109,115). The maximum absolute atomic E-state index is 12.9. The highest BCUT2D eigenvalue weighted by Crippen LogP contribution is 2.56. The first-order valence-electron chi connectivity index (χ1n) is 50.7. The van der Waals surface area contributed by atoms with Crippen LogP contribution >= 0.6 is 0 Å². The largest absolute Gasteiger partial charge is 0.494 e. The topological polar surface area (TPSA) is 355 Å². The summed E-state index contributed by atoms with van der Waals surface area (Å²) in [6.45, 7) is 24.1. The van der Waals surface area contributed by atoms with Gasteiger partial charge in [-0.3, -0.25) is 28.9 Å². The average Bonchev–Trinajstić information content (AvgIpc) is 1.56. The molecule has 34 heteroatoms. The fourth-order valence-electron chi connectivity index (χ4n) is 16.7. The number of fused-ring (bicyclic) bond motifs is 6. The van der Waals surface area contributed by atoms with Crippen LogP contribution in [0.5, 0.6) is 5.75 Å². The Hall–Kier alpha value is -7.51. The van der Waals surface area contributed by atoms with E-state index in [4.69, 9.17) is 118 Å². The van der Waals surface area contributed by atoms with Crippen LogP contribution in [0.25, 0.3) is 44.5 Å². The lowest BCUT2D eigenvalue weighted by atomic mass is 9.70. The zero-order valence-electron chi connectivity index (χ0n) is 83.3. The Morgan fingerprint density at radius 3 is 1.00 bits per heavy atom. The zero-order valence-corrected chi connectivity index (χ0v) is 83.3. The number of ether oxygens (including phenoxy) is 25. The first kappa shape index (κ1) is 116. The number of hydrogen-bond donors (Lipinski definition) is 3. The monoisotopic (exact) mass is 1970 g/mol. The van der Waals surface area contributed by atoms with Crippen LogP contribution in [0.2, 0.25) is 0 Å². The van der Waals surface area contributed by atoms with E-state index < -0.39 is 5.41 Å². The SMILES string of the molecule is COCCOCCOCCOCCOCCOCCOCCOCCOCCOCCOCCOCCCC1(CCCOCCOCCOCCOCCOCCOCCOCCOCCOCCOCCOCCOC)c2cc(-c3ccc(OCCCCNC(=O)CCC(=O)NCCNC(=O)C4CCC(CN5C(=O)CCC5=O)CC4)cc3)ccc2-c2ccc(-c3ccc4c(c3)Cc3ccccc3-4)cc21. The van der Waals surface area contributed by atoms with Gasteiger partial charge in [-0.25, -0.2) is 0 Å². The van der Waals surface area contributed by atoms with E-state index in [1.165, 1.54) is 60.5 Å². The number of amides is 5. The number of nitrogens with one attached hydrogen (secondary N) is 3. The number of rotatable bonds is 91. The molecule has 1 aliphatic heterocycles. The van der Waals surface area contributed by atoms with Gasteiger partial charge in [-0.05, 0) is 168 Å². The molecular formula is C106H160N4O30. The summed E-state index contributed by atoms with van der Waals surface area (Å²) in [6.07, 6.45) is 9.16. The Bertz CT molecular complexity index is 4010. The van der Waals surface area contributed by atoms with E-state index in [1.807, 2.05) is 12.1 Å². The highest BCUT2D eigenvalue weighted by atomic mass is 16.6. The summed E-state index contributed by atoms with van der Waals surface area (Å²) in [4.78, 5) is 63.8. The summed E-state index contributed by atoms with van der Waals surface area (Å²) in [6, 6.07) is 38.0. The van der Waals surface area contributed by atoms with Gasteiger partial charge in [0, 0.05) is 90.6 Å². The minimum absolute atomic E-state index is 0.0371. The van der Waals surface area contributed by atoms with Gasteiger partial charge in [0.1, 0.15) is 5.75 Å². The number of imide groups is 1. The second-order valence-electron chi connectivity index (χ2n) is 34.2. The number of nitrogens with zero attached hydrogens (tertiary/aromatic N) is 1. The van der Waals surface area contributed by atoms with Crippen molar-refractivity contribution in [3.8, 4) is 50.3 Å². The molecule has 4 aliphatic rings. The van der Waals surface area contributed by atoms with E-state index in [1.54, 1.807) is 14.2 Å². The van der Waals surface area contributed by atoms with Gasteiger partial charge in [0.05, 0.1) is 297 Å². The van der Waals surface area contributed by atoms with Crippen LogP contribution in [0, 0.1) is 11.8 Å². The molecule has 2 fully saturated rings. The average molecular weight is 1970 g/mol. The highest BCUT2D eigenvalue weighted by Gasteiger charge is 2.43. The van der Waals surface area contributed by atoms with Gasteiger partial charge in [-0.15, -0.1) is 0 Å². The molecule has 3 N–H and O–H groups in total. The molecule has 140 heavy (non-hydrogen) atoms. The van der Waals surface area contributed by atoms with Crippen LogP contribution in [0.1, 0.15) is 112 Å². The van der Waals surface area contributed by atoms with Gasteiger partial charge >= 0.3 is 0 Å². The highest BCUT2D eigenvalue weighted by molar-refractivity contribution is 6.02. The third kappa shape index (κ3) is 47.6. The first-order valence-corrected chi connectivity index (χ1v) is 50.7. The first-order chi connectivity index (χ1) is 69.1. The van der Waals surface area contributed by atoms with Gasteiger partial charge in [0.2, 0.25) is 29.5 Å². The maximum atomic E-state index is 12.9.